The number of cyclic esters (lactones) is 1. The van der Waals surface area contributed by atoms with Crippen LogP contribution < -0.4 is 0 Å². The number of aliphatic hydroxyl groups is 1. The molecule has 0 saturated carbocycles. The molecule has 1 aliphatic heterocycles. The lowest BCUT2D eigenvalue weighted by Gasteiger charge is -2.29. The van der Waals surface area contributed by atoms with Crippen LogP contribution in [-0.2, 0) is 35.1 Å². The molecule has 0 bridgehead atoms. The van der Waals surface area contributed by atoms with E-state index < -0.39 is 41.8 Å². The number of esters is 1. The van der Waals surface area contributed by atoms with Crippen LogP contribution in [0.15, 0.2) is 72.8 Å². The van der Waals surface area contributed by atoms with Gasteiger partial charge in [0.15, 0.2) is 17.7 Å². The van der Waals surface area contributed by atoms with E-state index in [1.165, 1.54) is 0 Å². The van der Waals surface area contributed by atoms with Crippen molar-refractivity contribution in [3.05, 3.63) is 83.9 Å². The molecule has 0 radical (unpaired) electrons. The van der Waals surface area contributed by atoms with Crippen LogP contribution in [0.3, 0.4) is 0 Å². The third-order valence-electron chi connectivity index (χ3n) is 6.61. The number of rotatable bonds is 15. The maximum Gasteiger partial charge on any atom is 0.417 e. The van der Waals surface area contributed by atoms with E-state index in [2.05, 4.69) is 0 Å². The number of carbonyl (C=O) groups is 5. The highest BCUT2D eigenvalue weighted by molar-refractivity contribution is 6.04. The summed E-state index contributed by atoms with van der Waals surface area (Å²) in [6.07, 6.45) is 2.81. The van der Waals surface area contributed by atoms with E-state index in [0.29, 0.717) is 24.0 Å². The Morgan fingerprint density at radius 1 is 0.975 bits per heavy atom. The van der Waals surface area contributed by atoms with E-state index >= 15 is 0 Å². The third kappa shape index (κ3) is 8.71. The molecule has 3 atom stereocenters. The number of unbranched alkanes of at least 4 members (excludes halogenated alkanes) is 3. The van der Waals surface area contributed by atoms with Crippen molar-refractivity contribution in [2.45, 2.75) is 57.6 Å². The first-order valence-corrected chi connectivity index (χ1v) is 13.4. The molecule has 3 unspecified atom stereocenters. The molecule has 212 valence electrons. The molecule has 0 aromatic heterocycles. The van der Waals surface area contributed by atoms with Crippen molar-refractivity contribution in [2.75, 3.05) is 13.2 Å². The van der Waals surface area contributed by atoms with E-state index in [0.717, 1.165) is 36.8 Å². The van der Waals surface area contributed by atoms with Gasteiger partial charge < -0.3 is 14.6 Å². The standard InChI is InChI=1S/C31H35NO8/c1-22(34)40-29(28(36)18-17-25(35)16-10-2-3-11-19-33)26(20-23-12-6-4-7-13-23)30(37)32-27(21-39-31(32)38)24-14-8-5-9-15-24/h4-9,12-15,17-18,26-27,29,33H,2-3,10-11,16,19-21H2,1H3. The number of hydrogen-bond donors (Lipinski definition) is 1. The average Bonchev–Trinajstić information content (AvgIpc) is 3.35. The minimum atomic E-state index is -1.57. The Kier molecular flexibility index (Phi) is 11.8. The Bertz CT molecular complexity index is 1190. The van der Waals surface area contributed by atoms with Gasteiger partial charge in [0.05, 0.1) is 5.92 Å². The number of aliphatic hydroxyl groups excluding tert-OH is 1. The number of ketones is 2. The lowest BCUT2D eigenvalue weighted by Crippen LogP contribution is -2.47. The Morgan fingerprint density at radius 3 is 2.27 bits per heavy atom. The van der Waals surface area contributed by atoms with Crippen molar-refractivity contribution in [3.63, 3.8) is 0 Å². The summed E-state index contributed by atoms with van der Waals surface area (Å²) >= 11 is 0. The minimum absolute atomic E-state index is 0.00128. The summed E-state index contributed by atoms with van der Waals surface area (Å²) in [7, 11) is 0. The van der Waals surface area contributed by atoms with Gasteiger partial charge in [-0.25, -0.2) is 9.69 Å². The van der Waals surface area contributed by atoms with E-state index in [4.69, 9.17) is 14.6 Å². The summed E-state index contributed by atoms with van der Waals surface area (Å²) in [5.41, 5.74) is 1.37. The first-order chi connectivity index (χ1) is 19.3. The van der Waals surface area contributed by atoms with E-state index in [-0.39, 0.29) is 31.8 Å². The Balaban J connectivity index is 1.88. The van der Waals surface area contributed by atoms with Gasteiger partial charge in [-0.1, -0.05) is 73.5 Å². The Hall–Kier alpha value is -4.11. The summed E-state index contributed by atoms with van der Waals surface area (Å²) < 4.78 is 10.6. The van der Waals surface area contributed by atoms with Crippen LogP contribution in [0.1, 0.15) is 56.2 Å². The van der Waals surface area contributed by atoms with Crippen molar-refractivity contribution >= 4 is 29.5 Å². The number of nitrogens with zero attached hydrogens (tertiary/aromatic N) is 1. The molecule has 40 heavy (non-hydrogen) atoms. The molecule has 1 aliphatic rings. The number of hydrogen-bond acceptors (Lipinski definition) is 8. The molecular formula is C31H35NO8. The van der Waals surface area contributed by atoms with Gasteiger partial charge in [0.1, 0.15) is 12.6 Å². The summed E-state index contributed by atoms with van der Waals surface area (Å²) in [5.74, 6) is -3.77. The second kappa shape index (κ2) is 15.5. The van der Waals surface area contributed by atoms with Crippen molar-refractivity contribution in [1.82, 2.24) is 4.90 Å². The van der Waals surface area contributed by atoms with Crippen LogP contribution >= 0.6 is 0 Å². The molecular weight excluding hydrogens is 514 g/mol. The zero-order chi connectivity index (χ0) is 28.9. The molecule has 2 aromatic rings. The van der Waals surface area contributed by atoms with Crippen LogP contribution in [-0.4, -0.2) is 58.9 Å². The SMILES string of the molecule is CC(=O)OC(C(=O)C=CC(=O)CCCCCCO)C(Cc1ccccc1)C(=O)N1C(=O)OCC1c1ccccc1. The second-order valence-corrected chi connectivity index (χ2v) is 9.63. The minimum Gasteiger partial charge on any atom is -0.453 e. The maximum atomic E-state index is 14.0. The molecule has 1 heterocycles. The largest absolute Gasteiger partial charge is 0.453 e. The molecule has 1 N–H and O–H groups in total. The van der Waals surface area contributed by atoms with Gasteiger partial charge in [-0.15, -0.1) is 0 Å². The van der Waals surface area contributed by atoms with Crippen molar-refractivity contribution in [2.24, 2.45) is 5.92 Å². The number of benzene rings is 2. The van der Waals surface area contributed by atoms with Gasteiger partial charge in [0.25, 0.3) is 0 Å². The van der Waals surface area contributed by atoms with Crippen molar-refractivity contribution in [3.8, 4) is 0 Å². The van der Waals surface area contributed by atoms with Gasteiger partial charge >= 0.3 is 12.1 Å². The summed E-state index contributed by atoms with van der Waals surface area (Å²) in [6, 6.07) is 17.1. The molecule has 0 aliphatic carbocycles. The number of imide groups is 1. The fourth-order valence-corrected chi connectivity index (χ4v) is 4.59. The molecule has 2 aromatic carbocycles. The highest BCUT2D eigenvalue weighted by atomic mass is 16.6. The van der Waals surface area contributed by atoms with Crippen molar-refractivity contribution < 1.29 is 38.6 Å². The van der Waals surface area contributed by atoms with Crippen LogP contribution in [0, 0.1) is 5.92 Å². The predicted octanol–water partition coefficient (Wildman–Crippen LogP) is 4.13. The van der Waals surface area contributed by atoms with Gasteiger partial charge in [-0.2, -0.15) is 0 Å². The lowest BCUT2D eigenvalue weighted by atomic mass is 9.89. The normalized spacial score (nSPS) is 16.4. The molecule has 9 heteroatoms. The fraction of sp³-hybridized carbons (Fsp3) is 0.387. The molecule has 1 saturated heterocycles. The van der Waals surface area contributed by atoms with Gasteiger partial charge in [-0.3, -0.25) is 19.2 Å². The van der Waals surface area contributed by atoms with Gasteiger partial charge in [-0.05, 0) is 42.5 Å². The van der Waals surface area contributed by atoms with Gasteiger partial charge in [0, 0.05) is 20.0 Å². The highest BCUT2D eigenvalue weighted by Gasteiger charge is 2.46. The van der Waals surface area contributed by atoms with E-state index in [9.17, 15) is 24.0 Å². The zero-order valence-corrected chi connectivity index (χ0v) is 22.6. The number of allylic oxidation sites excluding steroid dienone is 1. The topological polar surface area (TPSA) is 127 Å². The predicted molar refractivity (Wildman–Crippen MR) is 146 cm³/mol. The monoisotopic (exact) mass is 549 g/mol. The first kappa shape index (κ1) is 30.4. The average molecular weight is 550 g/mol. The molecule has 2 amide bonds. The quantitative estimate of drug-likeness (QED) is 0.200. The molecule has 3 rings (SSSR count). The van der Waals surface area contributed by atoms with Gasteiger partial charge in [0.2, 0.25) is 5.91 Å². The van der Waals surface area contributed by atoms with Crippen LogP contribution in [0.5, 0.6) is 0 Å². The molecule has 0 spiro atoms. The zero-order valence-electron chi connectivity index (χ0n) is 22.6. The first-order valence-electron chi connectivity index (χ1n) is 13.4. The number of carbonyl (C=O) groups excluding carboxylic acids is 5. The molecule has 1 fully saturated rings. The smallest absolute Gasteiger partial charge is 0.417 e. The van der Waals surface area contributed by atoms with Crippen LogP contribution in [0.25, 0.3) is 0 Å². The summed E-state index contributed by atoms with van der Waals surface area (Å²) in [5, 5.41) is 8.86. The summed E-state index contributed by atoms with van der Waals surface area (Å²) in [4.78, 5) is 65.5. The Labute approximate surface area is 233 Å². The molecule has 9 nitrogen and oxygen atoms in total. The third-order valence-corrected chi connectivity index (χ3v) is 6.61. The number of ether oxygens (including phenoxy) is 2. The van der Waals surface area contributed by atoms with E-state index in [1.807, 2.05) is 6.07 Å². The maximum absolute atomic E-state index is 14.0. The van der Waals surface area contributed by atoms with Crippen LogP contribution in [0.4, 0.5) is 4.79 Å². The fourth-order valence-electron chi connectivity index (χ4n) is 4.59. The van der Waals surface area contributed by atoms with Crippen molar-refractivity contribution in [1.29, 1.82) is 0 Å². The summed E-state index contributed by atoms with van der Waals surface area (Å²) in [6.45, 7) is 1.18. The Morgan fingerprint density at radius 2 is 1.62 bits per heavy atom. The number of amides is 2. The lowest BCUT2D eigenvalue weighted by molar-refractivity contribution is -0.158. The van der Waals surface area contributed by atoms with E-state index in [1.54, 1.807) is 54.6 Å². The second-order valence-electron chi connectivity index (χ2n) is 9.63. The van der Waals surface area contributed by atoms with Crippen LogP contribution in [0.2, 0.25) is 0 Å². The highest BCUT2D eigenvalue weighted by Crippen LogP contribution is 2.31.